The van der Waals surface area contributed by atoms with E-state index in [0.717, 1.165) is 50.9 Å². The summed E-state index contributed by atoms with van der Waals surface area (Å²) in [6.07, 6.45) is 3.92. The number of para-hydroxylation sites is 1. The van der Waals surface area contributed by atoms with E-state index in [0.29, 0.717) is 5.92 Å². The molecule has 1 atom stereocenters. The molecular weight excluding hydrogens is 288 g/mol. The summed E-state index contributed by atoms with van der Waals surface area (Å²) >= 11 is 0. The lowest BCUT2D eigenvalue weighted by molar-refractivity contribution is 0.122. The maximum atomic E-state index is 5.37. The molecule has 5 heteroatoms. The van der Waals surface area contributed by atoms with Crippen LogP contribution in [0.1, 0.15) is 24.0 Å². The smallest absolute Gasteiger partial charge is 0.225 e. The van der Waals surface area contributed by atoms with Gasteiger partial charge in [0.1, 0.15) is 0 Å². The molecule has 2 aromatic rings. The zero-order valence-corrected chi connectivity index (χ0v) is 13.5. The number of nitrogens with zero attached hydrogens (tertiary/aromatic N) is 4. The standard InChI is InChI=1S/C18H22N4O/c1-14-12-22(17-5-3-2-4-16(14)17)13-15-10-19-18(20-11-15)21-6-8-23-9-7-21/h2-5,10-11,14H,6-9,12-13H2,1H3/t14-/m0/s1. The van der Waals surface area contributed by atoms with Crippen molar-refractivity contribution in [3.63, 3.8) is 0 Å². The highest BCUT2D eigenvalue weighted by atomic mass is 16.5. The molecule has 3 heterocycles. The molecule has 1 fully saturated rings. The topological polar surface area (TPSA) is 41.5 Å². The van der Waals surface area contributed by atoms with Crippen LogP contribution in [0.15, 0.2) is 36.7 Å². The Balaban J connectivity index is 1.47. The summed E-state index contributed by atoms with van der Waals surface area (Å²) in [7, 11) is 0. The van der Waals surface area contributed by atoms with Crippen molar-refractivity contribution in [3.05, 3.63) is 47.8 Å². The van der Waals surface area contributed by atoms with E-state index in [1.54, 1.807) is 0 Å². The Morgan fingerprint density at radius 2 is 1.87 bits per heavy atom. The molecule has 4 rings (SSSR count). The Morgan fingerprint density at radius 1 is 1.13 bits per heavy atom. The van der Waals surface area contributed by atoms with Crippen LogP contribution in [-0.2, 0) is 11.3 Å². The van der Waals surface area contributed by atoms with Gasteiger partial charge in [-0.1, -0.05) is 25.1 Å². The van der Waals surface area contributed by atoms with E-state index in [9.17, 15) is 0 Å². The number of aromatic nitrogens is 2. The monoisotopic (exact) mass is 310 g/mol. The van der Waals surface area contributed by atoms with Gasteiger partial charge in [0.05, 0.1) is 13.2 Å². The summed E-state index contributed by atoms with van der Waals surface area (Å²) in [6.45, 7) is 7.47. The summed E-state index contributed by atoms with van der Waals surface area (Å²) in [5.74, 6) is 1.40. The number of hydrogen-bond acceptors (Lipinski definition) is 5. The third-order valence-electron chi connectivity index (χ3n) is 4.66. The highest BCUT2D eigenvalue weighted by Crippen LogP contribution is 2.36. The first-order chi connectivity index (χ1) is 11.3. The van der Waals surface area contributed by atoms with Crippen molar-refractivity contribution in [2.75, 3.05) is 42.6 Å². The third kappa shape index (κ3) is 2.88. The van der Waals surface area contributed by atoms with Crippen molar-refractivity contribution < 1.29 is 4.74 Å². The van der Waals surface area contributed by atoms with E-state index in [2.05, 4.69) is 51.0 Å². The number of benzene rings is 1. The molecule has 0 unspecified atom stereocenters. The lowest BCUT2D eigenvalue weighted by Crippen LogP contribution is -2.37. The molecule has 0 amide bonds. The number of fused-ring (bicyclic) bond motifs is 1. The quantitative estimate of drug-likeness (QED) is 0.871. The maximum Gasteiger partial charge on any atom is 0.225 e. The van der Waals surface area contributed by atoms with Crippen molar-refractivity contribution in [2.45, 2.75) is 19.4 Å². The molecule has 2 aliphatic heterocycles. The lowest BCUT2D eigenvalue weighted by atomic mass is 10.0. The average molecular weight is 310 g/mol. The lowest BCUT2D eigenvalue weighted by Gasteiger charge is -2.26. The van der Waals surface area contributed by atoms with Crippen molar-refractivity contribution in [1.29, 1.82) is 0 Å². The highest BCUT2D eigenvalue weighted by Gasteiger charge is 2.25. The summed E-state index contributed by atoms with van der Waals surface area (Å²) in [5, 5.41) is 0. The van der Waals surface area contributed by atoms with Crippen LogP contribution in [0.3, 0.4) is 0 Å². The first-order valence-electron chi connectivity index (χ1n) is 8.29. The second-order valence-corrected chi connectivity index (χ2v) is 6.33. The molecular formula is C18H22N4O. The van der Waals surface area contributed by atoms with Gasteiger partial charge in [-0.15, -0.1) is 0 Å². The van der Waals surface area contributed by atoms with Gasteiger partial charge in [0.25, 0.3) is 0 Å². The molecule has 1 saturated heterocycles. The maximum absolute atomic E-state index is 5.37. The van der Waals surface area contributed by atoms with Crippen LogP contribution in [0.25, 0.3) is 0 Å². The highest BCUT2D eigenvalue weighted by molar-refractivity contribution is 5.60. The first kappa shape index (κ1) is 14.5. The van der Waals surface area contributed by atoms with Gasteiger partial charge in [0.15, 0.2) is 0 Å². The molecule has 0 N–H and O–H groups in total. The molecule has 1 aromatic carbocycles. The van der Waals surface area contributed by atoms with Crippen molar-refractivity contribution >= 4 is 11.6 Å². The summed E-state index contributed by atoms with van der Waals surface area (Å²) in [5.41, 5.74) is 3.95. The van der Waals surface area contributed by atoms with Gasteiger partial charge in [0.2, 0.25) is 5.95 Å². The predicted molar refractivity (Wildman–Crippen MR) is 91.0 cm³/mol. The molecule has 1 aromatic heterocycles. The molecule has 0 bridgehead atoms. The minimum Gasteiger partial charge on any atom is -0.378 e. The van der Waals surface area contributed by atoms with Crippen molar-refractivity contribution in [2.24, 2.45) is 0 Å². The molecule has 0 spiro atoms. The van der Waals surface area contributed by atoms with Gasteiger partial charge in [-0.3, -0.25) is 0 Å². The van der Waals surface area contributed by atoms with E-state index in [1.807, 2.05) is 12.4 Å². The Hall–Kier alpha value is -2.14. The zero-order valence-electron chi connectivity index (χ0n) is 13.5. The largest absolute Gasteiger partial charge is 0.378 e. The van der Waals surface area contributed by atoms with Gasteiger partial charge >= 0.3 is 0 Å². The molecule has 5 nitrogen and oxygen atoms in total. The van der Waals surface area contributed by atoms with Gasteiger partial charge in [0, 0.05) is 55.7 Å². The Morgan fingerprint density at radius 3 is 2.65 bits per heavy atom. The molecule has 2 aliphatic rings. The van der Waals surface area contributed by atoms with Crippen molar-refractivity contribution in [3.8, 4) is 0 Å². The van der Waals surface area contributed by atoms with E-state index >= 15 is 0 Å². The average Bonchev–Trinajstić information content (AvgIpc) is 2.93. The van der Waals surface area contributed by atoms with Crippen LogP contribution in [0, 0.1) is 0 Å². The fourth-order valence-corrected chi connectivity index (χ4v) is 3.45. The van der Waals surface area contributed by atoms with Crippen LogP contribution in [-0.4, -0.2) is 42.8 Å². The van der Waals surface area contributed by atoms with E-state index in [-0.39, 0.29) is 0 Å². The van der Waals surface area contributed by atoms with Crippen LogP contribution < -0.4 is 9.80 Å². The molecule has 23 heavy (non-hydrogen) atoms. The predicted octanol–water partition coefficient (Wildman–Crippen LogP) is 2.44. The van der Waals surface area contributed by atoms with Crippen LogP contribution in [0.4, 0.5) is 11.6 Å². The number of anilines is 2. The number of ether oxygens (including phenoxy) is 1. The Bertz CT molecular complexity index is 667. The summed E-state index contributed by atoms with van der Waals surface area (Å²) < 4.78 is 5.37. The minimum absolute atomic E-state index is 0.583. The number of rotatable bonds is 3. The fourth-order valence-electron chi connectivity index (χ4n) is 3.45. The van der Waals surface area contributed by atoms with Crippen molar-refractivity contribution in [1.82, 2.24) is 9.97 Å². The Kier molecular flexibility index (Phi) is 3.87. The van der Waals surface area contributed by atoms with E-state index < -0.39 is 0 Å². The SMILES string of the molecule is C[C@H]1CN(Cc2cnc(N3CCOCC3)nc2)c2ccccc21. The van der Waals surface area contributed by atoms with E-state index in [4.69, 9.17) is 4.74 Å². The first-order valence-corrected chi connectivity index (χ1v) is 8.29. The zero-order chi connectivity index (χ0) is 15.6. The van der Waals surface area contributed by atoms with Crippen LogP contribution in [0.2, 0.25) is 0 Å². The van der Waals surface area contributed by atoms with E-state index in [1.165, 1.54) is 11.3 Å². The minimum atomic E-state index is 0.583. The third-order valence-corrected chi connectivity index (χ3v) is 4.66. The second kappa shape index (κ2) is 6.16. The van der Waals surface area contributed by atoms with Gasteiger partial charge in [-0.2, -0.15) is 0 Å². The second-order valence-electron chi connectivity index (χ2n) is 6.33. The fraction of sp³-hybridized carbons (Fsp3) is 0.444. The van der Waals surface area contributed by atoms with Gasteiger partial charge < -0.3 is 14.5 Å². The van der Waals surface area contributed by atoms with Crippen LogP contribution in [0.5, 0.6) is 0 Å². The van der Waals surface area contributed by atoms with Gasteiger partial charge in [-0.25, -0.2) is 9.97 Å². The summed E-state index contributed by atoms with van der Waals surface area (Å²) in [4.78, 5) is 13.7. The number of morpholine rings is 1. The molecule has 0 radical (unpaired) electrons. The summed E-state index contributed by atoms with van der Waals surface area (Å²) in [6, 6.07) is 8.68. The molecule has 120 valence electrons. The molecule has 0 saturated carbocycles. The molecule has 0 aliphatic carbocycles. The number of hydrogen-bond donors (Lipinski definition) is 0. The van der Waals surface area contributed by atoms with Gasteiger partial charge in [-0.05, 0) is 11.6 Å². The van der Waals surface area contributed by atoms with Crippen LogP contribution >= 0.6 is 0 Å². The Labute approximate surface area is 136 Å². The normalized spacial score (nSPS) is 20.7.